The van der Waals surface area contributed by atoms with E-state index in [4.69, 9.17) is 4.74 Å². The summed E-state index contributed by atoms with van der Waals surface area (Å²) >= 11 is 0. The van der Waals surface area contributed by atoms with Crippen LogP contribution in [0.4, 0.5) is 4.39 Å². The van der Waals surface area contributed by atoms with Crippen molar-refractivity contribution in [2.45, 2.75) is 57.7 Å². The molecule has 1 atom stereocenters. The molecule has 1 unspecified atom stereocenters. The molecule has 2 fully saturated rings. The number of halogens is 1. The van der Waals surface area contributed by atoms with Crippen LogP contribution < -0.4 is 0 Å². The van der Waals surface area contributed by atoms with Crippen LogP contribution in [0.3, 0.4) is 0 Å². The Kier molecular flexibility index (Phi) is 4.34. The van der Waals surface area contributed by atoms with E-state index in [9.17, 15) is 14.3 Å². The van der Waals surface area contributed by atoms with E-state index in [1.54, 1.807) is 12.1 Å². The first-order valence-corrected chi connectivity index (χ1v) is 9.63. The molecule has 0 amide bonds. The molecule has 1 aliphatic heterocycles. The molecule has 0 bridgehead atoms. The average molecular weight is 368 g/mol. The molecule has 1 aromatic rings. The quantitative estimate of drug-likeness (QED) is 0.782. The van der Waals surface area contributed by atoms with E-state index in [2.05, 4.69) is 12.2 Å². The van der Waals surface area contributed by atoms with Crippen molar-refractivity contribution in [1.82, 2.24) is 0 Å². The van der Waals surface area contributed by atoms with Crippen LogP contribution >= 0.6 is 0 Å². The molecule has 27 heavy (non-hydrogen) atoms. The van der Waals surface area contributed by atoms with Gasteiger partial charge in [0.15, 0.2) is 0 Å². The number of hydrogen-bond acceptors (Lipinski definition) is 3. The van der Waals surface area contributed by atoms with Crippen LogP contribution in [0.2, 0.25) is 0 Å². The molecule has 3 nitrogen and oxygen atoms in total. The molecule has 2 aliphatic carbocycles. The summed E-state index contributed by atoms with van der Waals surface area (Å²) in [5, 5.41) is 10.7. The fourth-order valence-electron chi connectivity index (χ4n) is 4.38. The number of benzene rings is 1. The molecule has 3 aliphatic rings. The van der Waals surface area contributed by atoms with Crippen molar-refractivity contribution in [1.29, 1.82) is 0 Å². The maximum absolute atomic E-state index is 13.4. The smallest absolute Gasteiger partial charge is 0.306 e. The van der Waals surface area contributed by atoms with Crippen LogP contribution in [-0.2, 0) is 9.53 Å². The highest BCUT2D eigenvalue weighted by molar-refractivity contribution is 5.86. The van der Waals surface area contributed by atoms with E-state index < -0.39 is 5.60 Å². The van der Waals surface area contributed by atoms with Gasteiger partial charge >= 0.3 is 5.97 Å². The largest absolute Gasteiger partial charge is 0.458 e. The van der Waals surface area contributed by atoms with Crippen LogP contribution in [0.25, 0.3) is 5.57 Å². The molecule has 0 aromatic heterocycles. The molecule has 0 radical (unpaired) electrons. The van der Waals surface area contributed by atoms with Gasteiger partial charge < -0.3 is 9.84 Å². The Bertz CT molecular complexity index is 849. The van der Waals surface area contributed by atoms with Crippen LogP contribution in [-0.4, -0.2) is 22.8 Å². The first kappa shape index (κ1) is 18.2. The molecule has 4 rings (SSSR count). The van der Waals surface area contributed by atoms with Gasteiger partial charge in [0.05, 0.1) is 5.60 Å². The van der Waals surface area contributed by atoms with Crippen LogP contribution in [0, 0.1) is 11.2 Å². The number of hydrogen-bond donors (Lipinski definition) is 1. The van der Waals surface area contributed by atoms with Gasteiger partial charge in [-0.2, -0.15) is 0 Å². The number of cyclic esters (lactones) is 1. The highest BCUT2D eigenvalue weighted by Crippen LogP contribution is 2.65. The highest BCUT2D eigenvalue weighted by atomic mass is 19.1. The van der Waals surface area contributed by atoms with Gasteiger partial charge in [-0.3, -0.25) is 4.79 Å². The van der Waals surface area contributed by atoms with Gasteiger partial charge in [-0.15, -0.1) is 0 Å². The summed E-state index contributed by atoms with van der Waals surface area (Å²) in [6.07, 6.45) is 10.0. The Labute approximate surface area is 159 Å². The van der Waals surface area contributed by atoms with Crippen molar-refractivity contribution in [3.63, 3.8) is 0 Å². The summed E-state index contributed by atoms with van der Waals surface area (Å²) in [5.41, 5.74) is 3.01. The van der Waals surface area contributed by atoms with Crippen LogP contribution in [0.5, 0.6) is 0 Å². The third kappa shape index (κ3) is 3.39. The summed E-state index contributed by atoms with van der Waals surface area (Å²) in [5.74, 6) is -0.414. The van der Waals surface area contributed by atoms with Crippen molar-refractivity contribution in [3.8, 4) is 0 Å². The lowest BCUT2D eigenvalue weighted by atomic mass is 9.82. The predicted molar refractivity (Wildman–Crippen MR) is 102 cm³/mol. The Morgan fingerprint density at radius 1 is 1.26 bits per heavy atom. The van der Waals surface area contributed by atoms with E-state index in [0.717, 1.165) is 48.0 Å². The average Bonchev–Trinajstić information content (AvgIpc) is 3.30. The number of ether oxygens (including phenoxy) is 1. The monoisotopic (exact) mass is 368 g/mol. The summed E-state index contributed by atoms with van der Waals surface area (Å²) < 4.78 is 18.8. The lowest BCUT2D eigenvalue weighted by Crippen LogP contribution is -2.27. The summed E-state index contributed by atoms with van der Waals surface area (Å²) in [4.78, 5) is 11.6. The van der Waals surface area contributed by atoms with E-state index in [0.29, 0.717) is 6.42 Å². The van der Waals surface area contributed by atoms with Crippen LogP contribution in [0.1, 0.15) is 51.5 Å². The Morgan fingerprint density at radius 3 is 2.56 bits per heavy atom. The van der Waals surface area contributed by atoms with Gasteiger partial charge in [-0.25, -0.2) is 4.39 Å². The number of aliphatic hydroxyl groups is 1. The minimum Gasteiger partial charge on any atom is -0.458 e. The van der Waals surface area contributed by atoms with E-state index in [-0.39, 0.29) is 23.3 Å². The maximum Gasteiger partial charge on any atom is 0.306 e. The second-order valence-electron chi connectivity index (χ2n) is 8.31. The van der Waals surface area contributed by atoms with Gasteiger partial charge in [0, 0.05) is 11.8 Å². The summed E-state index contributed by atoms with van der Waals surface area (Å²) in [6.45, 7) is 3.63. The number of rotatable bonds is 4. The first-order valence-electron chi connectivity index (χ1n) is 9.63. The number of carbonyl (C=O) groups excluding carboxylic acids is 1. The Balaban J connectivity index is 1.74. The van der Waals surface area contributed by atoms with Crippen molar-refractivity contribution in [2.75, 3.05) is 0 Å². The lowest BCUT2D eigenvalue weighted by molar-refractivity contribution is -0.150. The van der Waals surface area contributed by atoms with Gasteiger partial charge in [0.2, 0.25) is 0 Å². The standard InChI is InChI=1S/C23H25FO3/c1-22(2,26)20-14-18(15-6-8-16(24)9-7-15)19(23(20)12-13-23)11-10-17-4-3-5-21(25)27-17/h6-11,14,17,26H,3-5,12-13H2,1-2H3. The predicted octanol–water partition coefficient (Wildman–Crippen LogP) is 4.72. The van der Waals surface area contributed by atoms with Gasteiger partial charge in [0.1, 0.15) is 11.9 Å². The molecule has 1 saturated heterocycles. The fraction of sp³-hybridized carbons (Fsp3) is 0.435. The van der Waals surface area contributed by atoms with Gasteiger partial charge in [-0.1, -0.05) is 24.3 Å². The van der Waals surface area contributed by atoms with Gasteiger partial charge in [0.25, 0.3) is 0 Å². The van der Waals surface area contributed by atoms with E-state index in [1.165, 1.54) is 12.1 Å². The van der Waals surface area contributed by atoms with Crippen molar-refractivity contribution < 1.29 is 19.0 Å². The van der Waals surface area contributed by atoms with Crippen LogP contribution in [0.15, 0.2) is 53.6 Å². The minimum absolute atomic E-state index is 0.147. The lowest BCUT2D eigenvalue weighted by Gasteiger charge is -2.27. The third-order valence-electron chi connectivity index (χ3n) is 5.80. The molecular weight excluding hydrogens is 343 g/mol. The molecule has 1 spiro atoms. The normalized spacial score (nSPS) is 24.5. The zero-order valence-corrected chi connectivity index (χ0v) is 15.8. The van der Waals surface area contributed by atoms with Crippen molar-refractivity contribution >= 4 is 11.5 Å². The molecule has 1 saturated carbocycles. The molecule has 1 heterocycles. The van der Waals surface area contributed by atoms with Crippen molar-refractivity contribution in [3.05, 3.63) is 65.0 Å². The minimum atomic E-state index is -0.922. The molecule has 4 heteroatoms. The highest BCUT2D eigenvalue weighted by Gasteiger charge is 2.55. The summed E-state index contributed by atoms with van der Waals surface area (Å²) in [6, 6.07) is 6.47. The van der Waals surface area contributed by atoms with Gasteiger partial charge in [-0.05, 0) is 80.0 Å². The number of esters is 1. The molecule has 142 valence electrons. The van der Waals surface area contributed by atoms with Crippen molar-refractivity contribution in [2.24, 2.45) is 5.41 Å². The zero-order valence-electron chi connectivity index (χ0n) is 15.8. The topological polar surface area (TPSA) is 46.5 Å². The zero-order chi connectivity index (χ0) is 19.2. The summed E-state index contributed by atoms with van der Waals surface area (Å²) in [7, 11) is 0. The van der Waals surface area contributed by atoms with E-state index >= 15 is 0 Å². The second-order valence-corrected chi connectivity index (χ2v) is 8.31. The Hall–Kier alpha value is -2.20. The van der Waals surface area contributed by atoms with E-state index in [1.807, 2.05) is 19.9 Å². The third-order valence-corrected chi connectivity index (χ3v) is 5.80. The SMILES string of the molecule is CC(C)(O)C1=CC(c2ccc(F)cc2)=C(C=CC2CCCC(=O)O2)C12CC2. The first-order chi connectivity index (χ1) is 12.8. The molecule has 1 N–H and O–H groups in total. The maximum atomic E-state index is 13.4. The molecule has 1 aromatic carbocycles. The number of carbonyl (C=O) groups is 1. The second kappa shape index (κ2) is 6.45. The fourth-order valence-corrected chi connectivity index (χ4v) is 4.38. The number of allylic oxidation sites excluding steroid dienone is 4. The molecular formula is C23H25FO3. The Morgan fingerprint density at radius 2 is 1.96 bits per heavy atom.